The van der Waals surface area contributed by atoms with Crippen molar-refractivity contribution in [3.05, 3.63) is 71.0 Å². The maximum Gasteiger partial charge on any atom is 0.310 e. The van der Waals surface area contributed by atoms with Crippen LogP contribution in [-0.4, -0.2) is 11.1 Å². The van der Waals surface area contributed by atoms with Gasteiger partial charge in [-0.1, -0.05) is 36.4 Å². The lowest BCUT2D eigenvalue weighted by molar-refractivity contribution is -0.138. The number of rotatable bonds is 5. The quantitative estimate of drug-likeness (QED) is 0.895. The van der Waals surface area contributed by atoms with Gasteiger partial charge in [-0.05, 0) is 48.6 Å². The Morgan fingerprint density at radius 3 is 2.55 bits per heavy atom. The number of benzene rings is 2. The van der Waals surface area contributed by atoms with Gasteiger partial charge in [0.05, 0.1) is 5.92 Å². The third-order valence-corrected chi connectivity index (χ3v) is 3.51. The number of carboxylic acid groups (broad SMARTS) is 1. The van der Waals surface area contributed by atoms with Crippen LogP contribution in [0.1, 0.15) is 29.0 Å². The topological polar surface area (TPSA) is 37.3 Å². The highest BCUT2D eigenvalue weighted by atomic mass is 19.1. The van der Waals surface area contributed by atoms with Crippen LogP contribution in [0, 0.1) is 12.7 Å². The maximum atomic E-state index is 13.2. The van der Waals surface area contributed by atoms with E-state index in [0.29, 0.717) is 12.8 Å². The SMILES string of the molecule is Cc1ccc(F)cc1CCC(C(=O)O)c1ccccc1. The molecule has 0 bridgehead atoms. The summed E-state index contributed by atoms with van der Waals surface area (Å²) in [6, 6.07) is 13.8. The smallest absolute Gasteiger partial charge is 0.310 e. The van der Waals surface area contributed by atoms with E-state index in [1.807, 2.05) is 37.3 Å². The van der Waals surface area contributed by atoms with Crippen molar-refractivity contribution < 1.29 is 14.3 Å². The summed E-state index contributed by atoms with van der Waals surface area (Å²) in [6.07, 6.45) is 1.01. The number of carbonyl (C=O) groups is 1. The van der Waals surface area contributed by atoms with Crippen LogP contribution in [0.5, 0.6) is 0 Å². The first-order chi connectivity index (χ1) is 9.58. The van der Waals surface area contributed by atoms with Gasteiger partial charge in [-0.15, -0.1) is 0 Å². The predicted molar refractivity (Wildman–Crippen MR) is 76.3 cm³/mol. The van der Waals surface area contributed by atoms with Gasteiger partial charge in [-0.2, -0.15) is 0 Å². The average Bonchev–Trinajstić information content (AvgIpc) is 2.43. The van der Waals surface area contributed by atoms with E-state index in [-0.39, 0.29) is 5.82 Å². The molecule has 2 rings (SSSR count). The molecule has 1 atom stereocenters. The van der Waals surface area contributed by atoms with Crippen molar-refractivity contribution in [2.45, 2.75) is 25.7 Å². The second kappa shape index (κ2) is 6.33. The molecule has 0 aliphatic carbocycles. The summed E-state index contributed by atoms with van der Waals surface area (Å²) >= 11 is 0. The van der Waals surface area contributed by atoms with Crippen LogP contribution in [-0.2, 0) is 11.2 Å². The van der Waals surface area contributed by atoms with E-state index in [9.17, 15) is 14.3 Å². The van der Waals surface area contributed by atoms with E-state index in [4.69, 9.17) is 0 Å². The number of hydrogen-bond donors (Lipinski definition) is 1. The molecule has 2 aromatic carbocycles. The Balaban J connectivity index is 2.14. The van der Waals surface area contributed by atoms with Crippen LogP contribution in [0.4, 0.5) is 4.39 Å². The molecule has 0 aliphatic heterocycles. The summed E-state index contributed by atoms with van der Waals surface area (Å²) in [5.41, 5.74) is 2.64. The second-order valence-electron chi connectivity index (χ2n) is 4.91. The van der Waals surface area contributed by atoms with Gasteiger partial charge in [0.15, 0.2) is 0 Å². The minimum Gasteiger partial charge on any atom is -0.481 e. The van der Waals surface area contributed by atoms with Gasteiger partial charge in [-0.25, -0.2) is 4.39 Å². The van der Waals surface area contributed by atoms with Gasteiger partial charge in [0.25, 0.3) is 0 Å². The van der Waals surface area contributed by atoms with Crippen molar-refractivity contribution in [2.24, 2.45) is 0 Å². The Labute approximate surface area is 117 Å². The van der Waals surface area contributed by atoms with Crippen LogP contribution >= 0.6 is 0 Å². The van der Waals surface area contributed by atoms with Crippen molar-refractivity contribution in [1.29, 1.82) is 0 Å². The molecule has 0 spiro atoms. The van der Waals surface area contributed by atoms with Crippen molar-refractivity contribution in [3.8, 4) is 0 Å². The number of hydrogen-bond acceptors (Lipinski definition) is 1. The lowest BCUT2D eigenvalue weighted by Gasteiger charge is -2.13. The van der Waals surface area contributed by atoms with Crippen LogP contribution in [0.15, 0.2) is 48.5 Å². The molecule has 0 fully saturated rings. The molecule has 2 nitrogen and oxygen atoms in total. The summed E-state index contributed by atoms with van der Waals surface area (Å²) in [7, 11) is 0. The molecule has 0 saturated carbocycles. The van der Waals surface area contributed by atoms with Crippen LogP contribution < -0.4 is 0 Å². The van der Waals surface area contributed by atoms with Crippen LogP contribution in [0.3, 0.4) is 0 Å². The molecule has 1 unspecified atom stereocenters. The van der Waals surface area contributed by atoms with Crippen LogP contribution in [0.2, 0.25) is 0 Å². The molecule has 0 aliphatic rings. The zero-order valence-corrected chi connectivity index (χ0v) is 11.3. The fourth-order valence-electron chi connectivity index (χ4n) is 2.33. The van der Waals surface area contributed by atoms with Crippen molar-refractivity contribution in [1.82, 2.24) is 0 Å². The first-order valence-electron chi connectivity index (χ1n) is 6.60. The third kappa shape index (κ3) is 3.44. The van der Waals surface area contributed by atoms with Gasteiger partial charge in [0.1, 0.15) is 5.82 Å². The molecule has 20 heavy (non-hydrogen) atoms. The van der Waals surface area contributed by atoms with Gasteiger partial charge < -0.3 is 5.11 Å². The highest BCUT2D eigenvalue weighted by Gasteiger charge is 2.19. The Bertz CT molecular complexity index is 593. The molecule has 0 aromatic heterocycles. The summed E-state index contributed by atoms with van der Waals surface area (Å²) in [5.74, 6) is -1.68. The average molecular weight is 272 g/mol. The van der Waals surface area contributed by atoms with E-state index in [1.165, 1.54) is 12.1 Å². The lowest BCUT2D eigenvalue weighted by Crippen LogP contribution is -2.12. The Morgan fingerprint density at radius 2 is 1.90 bits per heavy atom. The van der Waals surface area contributed by atoms with Gasteiger partial charge in [-0.3, -0.25) is 4.79 Å². The third-order valence-electron chi connectivity index (χ3n) is 3.51. The number of carboxylic acids is 1. The monoisotopic (exact) mass is 272 g/mol. The zero-order chi connectivity index (χ0) is 14.5. The number of aliphatic carboxylic acids is 1. The van der Waals surface area contributed by atoms with E-state index >= 15 is 0 Å². The first-order valence-corrected chi connectivity index (χ1v) is 6.60. The van der Waals surface area contributed by atoms with Gasteiger partial charge >= 0.3 is 5.97 Å². The van der Waals surface area contributed by atoms with Crippen molar-refractivity contribution in [3.63, 3.8) is 0 Å². The molecular formula is C17H17FO2. The van der Waals surface area contributed by atoms with E-state index < -0.39 is 11.9 Å². The minimum atomic E-state index is -0.842. The largest absolute Gasteiger partial charge is 0.481 e. The molecule has 1 N–H and O–H groups in total. The molecule has 0 heterocycles. The molecule has 0 amide bonds. The summed E-state index contributed by atoms with van der Waals surface area (Å²) in [5, 5.41) is 9.35. The lowest BCUT2D eigenvalue weighted by atomic mass is 9.91. The zero-order valence-electron chi connectivity index (χ0n) is 11.3. The highest BCUT2D eigenvalue weighted by molar-refractivity contribution is 5.76. The van der Waals surface area contributed by atoms with Gasteiger partial charge in [0, 0.05) is 0 Å². The van der Waals surface area contributed by atoms with E-state index in [1.54, 1.807) is 6.07 Å². The van der Waals surface area contributed by atoms with Crippen molar-refractivity contribution in [2.75, 3.05) is 0 Å². The fourth-order valence-corrected chi connectivity index (χ4v) is 2.33. The Morgan fingerprint density at radius 1 is 1.20 bits per heavy atom. The van der Waals surface area contributed by atoms with Crippen LogP contribution in [0.25, 0.3) is 0 Å². The van der Waals surface area contributed by atoms with Crippen molar-refractivity contribution >= 4 is 5.97 Å². The molecule has 0 radical (unpaired) electrons. The molecule has 104 valence electrons. The summed E-state index contributed by atoms with van der Waals surface area (Å²) in [6.45, 7) is 1.91. The standard InChI is InChI=1S/C17H17FO2/c1-12-7-9-15(18)11-14(12)8-10-16(17(19)20)13-5-3-2-4-6-13/h2-7,9,11,16H,8,10H2,1H3,(H,19,20). The molecule has 3 heteroatoms. The first kappa shape index (κ1) is 14.3. The molecule has 0 saturated heterocycles. The minimum absolute atomic E-state index is 0.280. The predicted octanol–water partition coefficient (Wildman–Crippen LogP) is 3.94. The number of halogens is 1. The summed E-state index contributed by atoms with van der Waals surface area (Å²) < 4.78 is 13.2. The second-order valence-corrected chi connectivity index (χ2v) is 4.91. The maximum absolute atomic E-state index is 13.2. The van der Waals surface area contributed by atoms with E-state index in [2.05, 4.69) is 0 Å². The normalized spacial score (nSPS) is 12.1. The summed E-state index contributed by atoms with van der Waals surface area (Å²) in [4.78, 5) is 11.4. The Kier molecular flexibility index (Phi) is 4.51. The van der Waals surface area contributed by atoms with Gasteiger partial charge in [0.2, 0.25) is 0 Å². The van der Waals surface area contributed by atoms with E-state index in [0.717, 1.165) is 16.7 Å². The Hall–Kier alpha value is -2.16. The number of aryl methyl sites for hydroxylation is 2. The highest BCUT2D eigenvalue weighted by Crippen LogP contribution is 2.23. The molecular weight excluding hydrogens is 255 g/mol. The fraction of sp³-hybridized carbons (Fsp3) is 0.235. The molecule has 2 aromatic rings.